The second-order valence-corrected chi connectivity index (χ2v) is 5.07. The van der Waals surface area contributed by atoms with E-state index in [9.17, 15) is 4.79 Å². The fourth-order valence-electron chi connectivity index (χ4n) is 1.68. The van der Waals surface area contributed by atoms with Crippen LogP contribution >= 0.6 is 22.9 Å². The number of hydrogen-bond donors (Lipinski definition) is 1. The lowest BCUT2D eigenvalue weighted by Gasteiger charge is -2.03. The van der Waals surface area contributed by atoms with Gasteiger partial charge in [0.25, 0.3) is 0 Å². The van der Waals surface area contributed by atoms with Crippen LogP contribution in [0.4, 0.5) is 0 Å². The zero-order chi connectivity index (χ0) is 11.5. The first-order valence-electron chi connectivity index (χ1n) is 5.02. The number of carbonyl (C=O) groups excluding carboxylic acids is 1. The molecule has 84 valence electrons. The Bertz CT molecular complexity index is 521. The van der Waals surface area contributed by atoms with Gasteiger partial charge in [0, 0.05) is 16.1 Å². The summed E-state index contributed by atoms with van der Waals surface area (Å²) in [6, 6.07) is 8.22. The van der Waals surface area contributed by atoms with Crippen molar-refractivity contribution >= 4 is 38.9 Å². The molecule has 0 spiro atoms. The molecule has 1 amide bonds. The van der Waals surface area contributed by atoms with Crippen molar-refractivity contribution in [3.63, 3.8) is 0 Å². The van der Waals surface area contributed by atoms with E-state index in [0.29, 0.717) is 6.54 Å². The standard InChI is InChI=1S/C12H12ClNOS/c1-8-10(7-14-12(15)6-13)9-4-2-3-5-11(9)16-8/h2-5H,6-7H2,1H3,(H,14,15). The van der Waals surface area contributed by atoms with Gasteiger partial charge in [-0.25, -0.2) is 0 Å². The van der Waals surface area contributed by atoms with Gasteiger partial charge in [-0.1, -0.05) is 18.2 Å². The van der Waals surface area contributed by atoms with Crippen LogP contribution in [0.5, 0.6) is 0 Å². The fraction of sp³-hybridized carbons (Fsp3) is 0.250. The van der Waals surface area contributed by atoms with Gasteiger partial charge < -0.3 is 5.32 Å². The Hall–Kier alpha value is -1.06. The summed E-state index contributed by atoms with van der Waals surface area (Å²) in [6.45, 7) is 2.63. The largest absolute Gasteiger partial charge is 0.351 e. The van der Waals surface area contributed by atoms with Gasteiger partial charge in [-0.3, -0.25) is 4.79 Å². The monoisotopic (exact) mass is 253 g/mol. The van der Waals surface area contributed by atoms with Crippen LogP contribution in [0.15, 0.2) is 24.3 Å². The Morgan fingerprint density at radius 2 is 2.19 bits per heavy atom. The number of aryl methyl sites for hydroxylation is 1. The van der Waals surface area contributed by atoms with Crippen molar-refractivity contribution < 1.29 is 4.79 Å². The third-order valence-electron chi connectivity index (χ3n) is 2.48. The molecule has 1 heterocycles. The molecule has 0 saturated carbocycles. The number of nitrogens with one attached hydrogen (secondary N) is 1. The Morgan fingerprint density at radius 1 is 1.44 bits per heavy atom. The molecule has 1 aromatic heterocycles. The normalized spacial score (nSPS) is 10.6. The molecule has 0 atom stereocenters. The number of halogens is 1. The van der Waals surface area contributed by atoms with Crippen LogP contribution in [0.1, 0.15) is 10.4 Å². The van der Waals surface area contributed by atoms with Crippen LogP contribution in [-0.4, -0.2) is 11.8 Å². The van der Waals surface area contributed by atoms with Crippen molar-refractivity contribution in [2.24, 2.45) is 0 Å². The van der Waals surface area contributed by atoms with E-state index in [-0.39, 0.29) is 11.8 Å². The van der Waals surface area contributed by atoms with Crippen LogP contribution in [0.2, 0.25) is 0 Å². The molecule has 2 rings (SSSR count). The molecule has 0 unspecified atom stereocenters. The summed E-state index contributed by atoms with van der Waals surface area (Å²) in [4.78, 5) is 12.4. The summed E-state index contributed by atoms with van der Waals surface area (Å²) in [5.41, 5.74) is 1.19. The lowest BCUT2D eigenvalue weighted by atomic mass is 10.1. The van der Waals surface area contributed by atoms with Crippen LogP contribution in [-0.2, 0) is 11.3 Å². The molecule has 0 radical (unpaired) electrons. The molecule has 2 nitrogen and oxygen atoms in total. The summed E-state index contributed by atoms with van der Waals surface area (Å²) in [5, 5.41) is 4.03. The molecule has 0 aliphatic rings. The molecule has 1 N–H and O–H groups in total. The highest BCUT2D eigenvalue weighted by atomic mass is 35.5. The van der Waals surface area contributed by atoms with Crippen LogP contribution in [0, 0.1) is 6.92 Å². The van der Waals surface area contributed by atoms with E-state index >= 15 is 0 Å². The van der Waals surface area contributed by atoms with E-state index in [0.717, 1.165) is 0 Å². The van der Waals surface area contributed by atoms with Crippen molar-refractivity contribution in [1.82, 2.24) is 5.32 Å². The van der Waals surface area contributed by atoms with Crippen molar-refractivity contribution in [1.29, 1.82) is 0 Å². The Kier molecular flexibility index (Phi) is 3.46. The second-order valence-electron chi connectivity index (χ2n) is 3.54. The maximum absolute atomic E-state index is 11.1. The van der Waals surface area contributed by atoms with Gasteiger partial charge in [-0.05, 0) is 23.9 Å². The highest BCUT2D eigenvalue weighted by Crippen LogP contribution is 2.30. The minimum atomic E-state index is -0.128. The number of benzene rings is 1. The zero-order valence-electron chi connectivity index (χ0n) is 8.92. The SMILES string of the molecule is Cc1sc2ccccc2c1CNC(=O)CCl. The summed E-state index contributed by atoms with van der Waals surface area (Å²) in [6.07, 6.45) is 0. The molecule has 0 bridgehead atoms. The molecule has 0 aliphatic heterocycles. The molecule has 4 heteroatoms. The van der Waals surface area contributed by atoms with E-state index < -0.39 is 0 Å². The topological polar surface area (TPSA) is 29.1 Å². The molecule has 2 aromatic rings. The van der Waals surface area contributed by atoms with Crippen LogP contribution < -0.4 is 5.32 Å². The minimum Gasteiger partial charge on any atom is -0.351 e. The predicted octanol–water partition coefficient (Wildman–Crippen LogP) is 3.06. The summed E-state index contributed by atoms with van der Waals surface area (Å²) < 4.78 is 1.26. The number of alkyl halides is 1. The highest BCUT2D eigenvalue weighted by molar-refractivity contribution is 7.19. The molecule has 0 fully saturated rings. The number of carbonyl (C=O) groups is 1. The van der Waals surface area contributed by atoms with Crippen molar-refractivity contribution in [2.45, 2.75) is 13.5 Å². The Balaban J connectivity index is 2.29. The average Bonchev–Trinajstić information content (AvgIpc) is 2.62. The Labute approximate surface area is 103 Å². The van der Waals surface area contributed by atoms with Gasteiger partial charge >= 0.3 is 0 Å². The number of hydrogen-bond acceptors (Lipinski definition) is 2. The molecule has 0 saturated heterocycles. The third kappa shape index (κ3) is 2.20. The predicted molar refractivity (Wildman–Crippen MR) is 69.1 cm³/mol. The van der Waals surface area contributed by atoms with Gasteiger partial charge in [0.1, 0.15) is 5.88 Å². The number of rotatable bonds is 3. The first kappa shape index (κ1) is 11.4. The summed E-state index contributed by atoms with van der Waals surface area (Å²) >= 11 is 7.19. The van der Waals surface area contributed by atoms with E-state index in [1.54, 1.807) is 11.3 Å². The quantitative estimate of drug-likeness (QED) is 0.837. The van der Waals surface area contributed by atoms with Gasteiger partial charge in [0.05, 0.1) is 0 Å². The molecule has 16 heavy (non-hydrogen) atoms. The molecular formula is C12H12ClNOS. The average molecular weight is 254 g/mol. The van der Waals surface area contributed by atoms with E-state index in [1.165, 1.54) is 20.5 Å². The van der Waals surface area contributed by atoms with Gasteiger partial charge in [-0.15, -0.1) is 22.9 Å². The molecular weight excluding hydrogens is 242 g/mol. The van der Waals surface area contributed by atoms with E-state index in [4.69, 9.17) is 11.6 Å². The summed E-state index contributed by atoms with van der Waals surface area (Å²) in [5.74, 6) is -0.113. The third-order valence-corrected chi connectivity index (χ3v) is 3.86. The number of amides is 1. The minimum absolute atomic E-state index is 0.0150. The fourth-order valence-corrected chi connectivity index (χ4v) is 2.85. The molecule has 0 aliphatic carbocycles. The maximum atomic E-state index is 11.1. The lowest BCUT2D eigenvalue weighted by molar-refractivity contribution is -0.118. The lowest BCUT2D eigenvalue weighted by Crippen LogP contribution is -2.23. The number of thiophene rings is 1. The van der Waals surface area contributed by atoms with E-state index in [2.05, 4.69) is 24.4 Å². The Morgan fingerprint density at radius 3 is 2.94 bits per heavy atom. The maximum Gasteiger partial charge on any atom is 0.235 e. The summed E-state index contributed by atoms with van der Waals surface area (Å²) in [7, 11) is 0. The highest BCUT2D eigenvalue weighted by Gasteiger charge is 2.09. The van der Waals surface area contributed by atoms with Crippen LogP contribution in [0.3, 0.4) is 0 Å². The van der Waals surface area contributed by atoms with Gasteiger partial charge in [-0.2, -0.15) is 0 Å². The molecule has 1 aromatic carbocycles. The van der Waals surface area contributed by atoms with Gasteiger partial charge in [0.2, 0.25) is 5.91 Å². The first-order valence-corrected chi connectivity index (χ1v) is 6.37. The van der Waals surface area contributed by atoms with Crippen LogP contribution in [0.25, 0.3) is 10.1 Å². The van der Waals surface area contributed by atoms with E-state index in [1.807, 2.05) is 12.1 Å². The van der Waals surface area contributed by atoms with Crippen molar-refractivity contribution in [3.8, 4) is 0 Å². The van der Waals surface area contributed by atoms with Crippen molar-refractivity contribution in [2.75, 3.05) is 5.88 Å². The second kappa shape index (κ2) is 4.85. The van der Waals surface area contributed by atoms with Crippen molar-refractivity contribution in [3.05, 3.63) is 34.7 Å². The smallest absolute Gasteiger partial charge is 0.235 e. The van der Waals surface area contributed by atoms with Gasteiger partial charge in [0.15, 0.2) is 0 Å². The number of fused-ring (bicyclic) bond motifs is 1. The first-order chi connectivity index (χ1) is 7.72. The zero-order valence-corrected chi connectivity index (χ0v) is 10.5.